The average molecular weight is 888 g/mol. The number of alkyl carbamates (subject to hydrolysis) is 1. The number of phenols is 2. The van der Waals surface area contributed by atoms with Crippen molar-refractivity contribution in [1.29, 1.82) is 0 Å². The van der Waals surface area contributed by atoms with Gasteiger partial charge >= 0.3 is 18.1 Å². The number of amides is 3. The third-order valence-electron chi connectivity index (χ3n) is 14.0. The number of rotatable bonds is 7. The molecule has 3 amide bonds. The number of fused-ring (bicyclic) bond motifs is 5. The van der Waals surface area contributed by atoms with Gasteiger partial charge in [0.15, 0.2) is 6.10 Å². The van der Waals surface area contributed by atoms with E-state index in [4.69, 9.17) is 14.5 Å². The Hall–Kier alpha value is -6.56. The number of urea groups is 1. The molecule has 3 aromatic carbocycles. The molecule has 6 N–H and O–H groups in total. The number of aromatic hydroxyl groups is 2. The maximum atomic E-state index is 15.3. The van der Waals surface area contributed by atoms with Gasteiger partial charge in [-0.2, -0.15) is 0 Å². The Morgan fingerprint density at radius 2 is 1.77 bits per heavy atom. The lowest BCUT2D eigenvalue weighted by atomic mass is 9.61. The van der Waals surface area contributed by atoms with Gasteiger partial charge in [0.1, 0.15) is 36.2 Å². The van der Waals surface area contributed by atoms with E-state index in [-0.39, 0.29) is 53.3 Å². The number of phenolic OH excluding ortho intramolecular Hbond substituents is 2. The second-order valence-corrected chi connectivity index (χ2v) is 17.8. The molecule has 338 valence electrons. The number of hydrazine groups is 1. The summed E-state index contributed by atoms with van der Waals surface area (Å²) in [5, 5.41) is 35.3. The van der Waals surface area contributed by atoms with Gasteiger partial charge in [0.05, 0.1) is 35.1 Å². The Morgan fingerprint density at radius 1 is 1.02 bits per heavy atom. The lowest BCUT2D eigenvalue weighted by Crippen LogP contribution is -2.63. The normalized spacial score (nSPS) is 21.3. The monoisotopic (exact) mass is 887 g/mol. The topological polar surface area (TPSA) is 208 Å². The van der Waals surface area contributed by atoms with Crippen molar-refractivity contribution in [2.75, 3.05) is 18.0 Å². The van der Waals surface area contributed by atoms with E-state index >= 15 is 4.39 Å². The van der Waals surface area contributed by atoms with Crippen molar-refractivity contribution in [3.05, 3.63) is 115 Å². The Balaban J connectivity index is 0.00000246. The van der Waals surface area contributed by atoms with Crippen LogP contribution < -0.4 is 26.6 Å². The number of esters is 1. The molecule has 2 aromatic heterocycles. The summed E-state index contributed by atoms with van der Waals surface area (Å²) in [5.41, 5.74) is 12.5. The minimum absolute atomic E-state index is 0.000824. The molecule has 6 aliphatic rings. The molecule has 3 unspecified atom stereocenters. The number of hydrogen-bond acceptors (Lipinski definition) is 12. The van der Waals surface area contributed by atoms with E-state index in [2.05, 4.69) is 21.1 Å². The van der Waals surface area contributed by atoms with E-state index in [1.165, 1.54) is 21.6 Å². The number of nitrogens with zero attached hydrogens (tertiary/aromatic N) is 4. The summed E-state index contributed by atoms with van der Waals surface area (Å²) in [6, 6.07) is 12.8. The zero-order chi connectivity index (χ0) is 45.6. The number of aliphatic hydroxyl groups is 1. The highest BCUT2D eigenvalue weighted by atomic mass is 19.1. The van der Waals surface area contributed by atoms with E-state index in [9.17, 15) is 34.5 Å². The van der Waals surface area contributed by atoms with Crippen LogP contribution in [0.25, 0.3) is 22.3 Å². The smallest absolute Gasteiger partial charge is 0.407 e. The standard InChI is InChI=1S/C46H44FN7O9.C2H6/c1-3-23-10-28(36(56)13-35(23)55)41-50-51-44(60)54(41)24-6-4-22(5-7-24)16-52-19-46(20-52)14-25(15-46)63-45(61)49-32-9-8-26-21(2)31(47)12-33-37(26)38(32)29-17-53-34(39(29)48-33)11-27-30(42(53)58)18-62-43(59)40(27)57;1-2/h4-7,10-13,25,32,40-41,50,55-57H,3,8-9,14-20H2,1-2H3,(H,49,61)(H,51,60);1-2H3. The molecule has 16 nitrogen and oxygen atoms in total. The number of aryl methyl sites for hydroxylation is 2. The Labute approximate surface area is 372 Å². The molecule has 0 bridgehead atoms. The first-order valence-electron chi connectivity index (χ1n) is 22.2. The van der Waals surface area contributed by atoms with Crippen molar-refractivity contribution in [3.63, 3.8) is 0 Å². The number of nitrogens with one attached hydrogen (secondary N) is 3. The van der Waals surface area contributed by atoms with Crippen molar-refractivity contribution in [1.82, 2.24) is 30.6 Å². The number of anilines is 1. The van der Waals surface area contributed by atoms with Crippen LogP contribution in [0.3, 0.4) is 0 Å². The quantitative estimate of drug-likeness (QED) is 0.101. The predicted octanol–water partition coefficient (Wildman–Crippen LogP) is 6.07. The molecular formula is C48H50FN7O9. The fraction of sp³-hybridized carbons (Fsp3) is 0.396. The van der Waals surface area contributed by atoms with Crippen LogP contribution in [0.2, 0.25) is 0 Å². The van der Waals surface area contributed by atoms with Crippen LogP contribution in [0.5, 0.6) is 11.5 Å². The van der Waals surface area contributed by atoms with E-state index in [1.54, 1.807) is 19.1 Å². The fourth-order valence-electron chi connectivity index (χ4n) is 10.9. The number of carbonyl (C=O) groups excluding carboxylic acids is 3. The average Bonchev–Trinajstić information content (AvgIpc) is 3.84. The first kappa shape index (κ1) is 42.4. The minimum atomic E-state index is -1.61. The highest BCUT2D eigenvalue weighted by molar-refractivity contribution is 5.95. The van der Waals surface area contributed by atoms with Gasteiger partial charge in [-0.05, 0) is 91.1 Å². The first-order valence-corrected chi connectivity index (χ1v) is 22.2. The summed E-state index contributed by atoms with van der Waals surface area (Å²) >= 11 is 0. The van der Waals surface area contributed by atoms with Crippen molar-refractivity contribution in [3.8, 4) is 22.9 Å². The Kier molecular flexibility index (Phi) is 10.3. The van der Waals surface area contributed by atoms with E-state index in [1.807, 2.05) is 45.0 Å². The molecule has 5 aromatic rings. The van der Waals surface area contributed by atoms with Crippen LogP contribution in [0, 0.1) is 18.2 Å². The minimum Gasteiger partial charge on any atom is -0.508 e. The maximum absolute atomic E-state index is 15.3. The van der Waals surface area contributed by atoms with Gasteiger partial charge in [-0.3, -0.25) is 20.0 Å². The Morgan fingerprint density at radius 3 is 2.51 bits per heavy atom. The molecule has 1 saturated carbocycles. The predicted molar refractivity (Wildman–Crippen MR) is 235 cm³/mol. The SMILES string of the molecule is CC.CCc1cc(C2NNC(=O)N2c2ccc(CN3CC4(CC(OC(=O)NC5CCc6c(C)c(F)cc7nc8c(c5c67)Cn5c-8cc6c(c5=O)COC(=O)C6O)C4)C3)cc2)c(O)cc1O. The van der Waals surface area contributed by atoms with Gasteiger partial charge in [-0.15, -0.1) is 0 Å². The van der Waals surface area contributed by atoms with Gasteiger partial charge < -0.3 is 34.7 Å². The van der Waals surface area contributed by atoms with Crippen LogP contribution in [-0.2, 0) is 46.8 Å². The summed E-state index contributed by atoms with van der Waals surface area (Å²) in [6.45, 7) is 9.95. The molecular weight excluding hydrogens is 838 g/mol. The third kappa shape index (κ3) is 6.86. The number of ether oxygens (including phenoxy) is 2. The molecule has 2 saturated heterocycles. The van der Waals surface area contributed by atoms with E-state index in [0.717, 1.165) is 53.6 Å². The number of aliphatic hydroxyl groups excluding tert-OH is 1. The highest BCUT2D eigenvalue weighted by Crippen LogP contribution is 2.51. The van der Waals surface area contributed by atoms with Crippen LogP contribution >= 0.6 is 0 Å². The number of benzene rings is 3. The molecule has 3 fully saturated rings. The van der Waals surface area contributed by atoms with Gasteiger partial charge in [-0.1, -0.05) is 32.9 Å². The molecule has 3 atom stereocenters. The molecule has 6 heterocycles. The van der Waals surface area contributed by atoms with Gasteiger partial charge in [-0.25, -0.2) is 29.2 Å². The molecule has 4 aliphatic heterocycles. The van der Waals surface area contributed by atoms with Gasteiger partial charge in [0.2, 0.25) is 0 Å². The number of pyridine rings is 2. The Bertz CT molecular complexity index is 2890. The maximum Gasteiger partial charge on any atom is 0.407 e. The fourth-order valence-corrected chi connectivity index (χ4v) is 10.9. The number of carbonyl (C=O) groups is 3. The molecule has 0 radical (unpaired) electrons. The molecule has 2 aliphatic carbocycles. The van der Waals surface area contributed by atoms with Gasteiger partial charge in [0, 0.05) is 64.9 Å². The van der Waals surface area contributed by atoms with Crippen LogP contribution in [0.15, 0.2) is 53.3 Å². The summed E-state index contributed by atoms with van der Waals surface area (Å²) < 4.78 is 27.9. The number of halogens is 1. The van der Waals surface area contributed by atoms with E-state index < -0.39 is 41.8 Å². The summed E-state index contributed by atoms with van der Waals surface area (Å²) in [7, 11) is 0. The lowest BCUT2D eigenvalue weighted by molar-refractivity contribution is -0.157. The number of likely N-dealkylation sites (tertiary alicyclic amines) is 1. The zero-order valence-electron chi connectivity index (χ0n) is 36.5. The third-order valence-corrected chi connectivity index (χ3v) is 14.0. The van der Waals surface area contributed by atoms with Crippen LogP contribution in [0.1, 0.15) is 108 Å². The summed E-state index contributed by atoms with van der Waals surface area (Å²) in [6.07, 6.45) is -0.0654. The first-order chi connectivity index (χ1) is 31.3. The van der Waals surface area contributed by atoms with Crippen LogP contribution in [0.4, 0.5) is 19.7 Å². The van der Waals surface area contributed by atoms with Crippen molar-refractivity contribution in [2.45, 2.75) is 104 Å². The highest BCUT2D eigenvalue weighted by Gasteiger charge is 2.54. The van der Waals surface area contributed by atoms with E-state index in [0.29, 0.717) is 65.1 Å². The zero-order valence-corrected chi connectivity index (χ0v) is 36.5. The van der Waals surface area contributed by atoms with Crippen LogP contribution in [-0.4, -0.2) is 67.1 Å². The molecule has 65 heavy (non-hydrogen) atoms. The van der Waals surface area contributed by atoms with Crippen molar-refractivity contribution >= 4 is 34.7 Å². The molecule has 11 rings (SSSR count). The summed E-state index contributed by atoms with van der Waals surface area (Å²) in [4.78, 5) is 61.1. The second kappa shape index (κ2) is 15.9. The lowest BCUT2D eigenvalue weighted by Gasteiger charge is -2.58. The number of hydrogen-bond donors (Lipinski definition) is 6. The number of cyclic esters (lactones) is 1. The van der Waals surface area contributed by atoms with Gasteiger partial charge in [0.25, 0.3) is 5.56 Å². The molecule has 17 heteroatoms. The van der Waals surface area contributed by atoms with Crippen molar-refractivity contribution < 1.29 is 43.6 Å². The largest absolute Gasteiger partial charge is 0.508 e. The number of aromatic nitrogens is 2. The second-order valence-electron chi connectivity index (χ2n) is 17.8. The summed E-state index contributed by atoms with van der Waals surface area (Å²) in [5.74, 6) is -1.35. The molecule has 1 spiro atoms. The van der Waals surface area contributed by atoms with Crippen molar-refractivity contribution in [2.24, 2.45) is 5.41 Å².